The van der Waals surface area contributed by atoms with E-state index in [0.717, 1.165) is 11.6 Å². The van der Waals surface area contributed by atoms with Crippen molar-refractivity contribution in [1.29, 1.82) is 0 Å². The van der Waals surface area contributed by atoms with Gasteiger partial charge in [-0.2, -0.15) is 4.39 Å². The minimum Gasteiger partial charge on any atom is -0.484 e. The SMILES string of the molecule is CC(Cc1ccc(C2=C(C(=O)O)[C@H]3CNCC(C2)N3C(=O)CO)cc1)Oc1c(F)ccc(F)c1F. The van der Waals surface area contributed by atoms with E-state index in [1.807, 2.05) is 0 Å². The Balaban J connectivity index is 1.55. The van der Waals surface area contributed by atoms with Gasteiger partial charge in [0.15, 0.2) is 17.4 Å². The standard InChI is InChI=1S/C25H25F3N2O5/c1-13(35-24-19(27)7-6-18(26)23(24)28)8-14-2-4-15(5-3-14)17-9-16-10-29-11-20(22(17)25(33)34)30(16)21(32)12-31/h2-7,13,16,20,29,31H,8-12H2,1H3,(H,33,34)/t13?,16?,20-/m1/s1. The van der Waals surface area contributed by atoms with Crippen molar-refractivity contribution >= 4 is 17.4 Å². The Morgan fingerprint density at radius 1 is 1.11 bits per heavy atom. The number of fused-ring (bicyclic) bond motifs is 2. The van der Waals surface area contributed by atoms with Crippen LogP contribution in [-0.4, -0.2) is 64.9 Å². The van der Waals surface area contributed by atoms with Gasteiger partial charge in [0.1, 0.15) is 12.7 Å². The minimum absolute atomic E-state index is 0.108. The van der Waals surface area contributed by atoms with Gasteiger partial charge in [-0.15, -0.1) is 0 Å². The molecule has 0 spiro atoms. The molecule has 3 N–H and O–H groups in total. The number of benzene rings is 2. The number of halogens is 3. The Kier molecular flexibility index (Phi) is 7.13. The van der Waals surface area contributed by atoms with Crippen molar-refractivity contribution in [2.45, 2.75) is 38.0 Å². The van der Waals surface area contributed by atoms with Crippen molar-refractivity contribution in [3.63, 3.8) is 0 Å². The van der Waals surface area contributed by atoms with Crippen molar-refractivity contribution in [1.82, 2.24) is 10.2 Å². The van der Waals surface area contributed by atoms with Crippen LogP contribution < -0.4 is 10.1 Å². The molecule has 1 saturated heterocycles. The van der Waals surface area contributed by atoms with Crippen LogP contribution in [0.3, 0.4) is 0 Å². The van der Waals surface area contributed by atoms with E-state index in [1.54, 1.807) is 31.2 Å². The van der Waals surface area contributed by atoms with Gasteiger partial charge in [-0.05, 0) is 42.2 Å². The maximum Gasteiger partial charge on any atom is 0.334 e. The molecule has 0 aromatic heterocycles. The number of carbonyl (C=O) groups excluding carboxylic acids is 1. The number of amides is 1. The third-order valence-electron chi connectivity index (χ3n) is 6.35. The number of piperazine rings is 1. The summed E-state index contributed by atoms with van der Waals surface area (Å²) in [5.74, 6) is -5.98. The number of nitrogens with one attached hydrogen (secondary N) is 1. The van der Waals surface area contributed by atoms with Crippen LogP contribution in [0.5, 0.6) is 5.75 Å². The first-order valence-corrected chi connectivity index (χ1v) is 11.2. The summed E-state index contributed by atoms with van der Waals surface area (Å²) in [6.07, 6.45) is -0.0823. The van der Waals surface area contributed by atoms with Crippen LogP contribution in [0.2, 0.25) is 0 Å². The zero-order valence-corrected chi connectivity index (χ0v) is 18.9. The predicted molar refractivity (Wildman–Crippen MR) is 120 cm³/mol. The van der Waals surface area contributed by atoms with Gasteiger partial charge in [0.05, 0.1) is 11.6 Å². The van der Waals surface area contributed by atoms with Gasteiger partial charge in [-0.3, -0.25) is 4.79 Å². The van der Waals surface area contributed by atoms with Crippen LogP contribution in [0.1, 0.15) is 24.5 Å². The highest BCUT2D eigenvalue weighted by Crippen LogP contribution is 2.37. The molecular weight excluding hydrogens is 465 g/mol. The van der Waals surface area contributed by atoms with E-state index in [1.165, 1.54) is 4.90 Å². The monoisotopic (exact) mass is 490 g/mol. The highest BCUT2D eigenvalue weighted by Gasteiger charge is 2.43. The molecule has 1 fully saturated rings. The van der Waals surface area contributed by atoms with Crippen LogP contribution >= 0.6 is 0 Å². The van der Waals surface area contributed by atoms with Crippen LogP contribution in [0.15, 0.2) is 42.0 Å². The molecule has 7 nitrogen and oxygen atoms in total. The quantitative estimate of drug-likeness (QED) is 0.516. The second-order valence-electron chi connectivity index (χ2n) is 8.69. The Bertz CT molecular complexity index is 1170. The summed E-state index contributed by atoms with van der Waals surface area (Å²) in [6.45, 7) is 1.67. The first-order chi connectivity index (χ1) is 16.7. The van der Waals surface area contributed by atoms with E-state index in [0.29, 0.717) is 30.2 Å². The van der Waals surface area contributed by atoms with Crippen LogP contribution in [0, 0.1) is 17.5 Å². The van der Waals surface area contributed by atoms with Crippen molar-refractivity contribution in [2.75, 3.05) is 19.7 Å². The predicted octanol–water partition coefficient (Wildman–Crippen LogP) is 2.52. The number of hydrogen-bond donors (Lipinski definition) is 3. The fourth-order valence-corrected chi connectivity index (χ4v) is 4.83. The average Bonchev–Trinajstić information content (AvgIpc) is 2.83. The Labute approximate surface area is 199 Å². The zero-order valence-electron chi connectivity index (χ0n) is 18.9. The number of aliphatic carboxylic acids is 1. The fourth-order valence-electron chi connectivity index (χ4n) is 4.83. The van der Waals surface area contributed by atoms with Gasteiger partial charge in [-0.25, -0.2) is 13.6 Å². The van der Waals surface area contributed by atoms with Crippen molar-refractivity contribution in [3.05, 3.63) is 70.5 Å². The molecule has 35 heavy (non-hydrogen) atoms. The highest BCUT2D eigenvalue weighted by atomic mass is 19.2. The average molecular weight is 490 g/mol. The van der Waals surface area contributed by atoms with Gasteiger partial charge in [0, 0.05) is 25.6 Å². The topological polar surface area (TPSA) is 99.1 Å². The molecule has 2 heterocycles. The molecule has 2 aromatic rings. The third kappa shape index (κ3) is 4.89. The van der Waals surface area contributed by atoms with E-state index >= 15 is 0 Å². The van der Waals surface area contributed by atoms with Gasteiger partial charge < -0.3 is 25.2 Å². The van der Waals surface area contributed by atoms with Crippen LogP contribution in [0.25, 0.3) is 5.57 Å². The summed E-state index contributed by atoms with van der Waals surface area (Å²) in [5.41, 5.74) is 2.19. The lowest BCUT2D eigenvalue weighted by atomic mass is 9.82. The normalized spacial score (nSPS) is 20.5. The lowest BCUT2D eigenvalue weighted by Crippen LogP contribution is -2.63. The molecule has 2 bridgehead atoms. The van der Waals surface area contributed by atoms with Crippen molar-refractivity contribution < 1.29 is 37.7 Å². The number of carboxylic acid groups (broad SMARTS) is 1. The molecule has 186 valence electrons. The molecule has 0 radical (unpaired) electrons. The third-order valence-corrected chi connectivity index (χ3v) is 6.35. The molecule has 3 atom stereocenters. The molecule has 2 unspecified atom stereocenters. The van der Waals surface area contributed by atoms with Crippen molar-refractivity contribution in [3.8, 4) is 5.75 Å². The van der Waals surface area contributed by atoms with E-state index in [-0.39, 0.29) is 24.6 Å². The Morgan fingerprint density at radius 2 is 1.80 bits per heavy atom. The summed E-state index contributed by atoms with van der Waals surface area (Å²) in [5, 5.41) is 22.4. The number of nitrogens with zero attached hydrogens (tertiary/aromatic N) is 1. The lowest BCUT2D eigenvalue weighted by Gasteiger charge is -2.47. The number of ether oxygens (including phenoxy) is 1. The van der Waals surface area contributed by atoms with E-state index < -0.39 is 53.8 Å². The first kappa shape index (κ1) is 24.7. The van der Waals surface area contributed by atoms with E-state index in [4.69, 9.17) is 4.74 Å². The first-order valence-electron chi connectivity index (χ1n) is 11.2. The van der Waals surface area contributed by atoms with Gasteiger partial charge in [-0.1, -0.05) is 24.3 Å². The summed E-state index contributed by atoms with van der Waals surface area (Å²) >= 11 is 0. The number of carboxylic acids is 1. The van der Waals surface area contributed by atoms with Crippen molar-refractivity contribution in [2.24, 2.45) is 0 Å². The zero-order chi connectivity index (χ0) is 25.3. The summed E-state index contributed by atoms with van der Waals surface area (Å²) < 4.78 is 46.5. The molecule has 2 aromatic carbocycles. The van der Waals surface area contributed by atoms with Crippen LogP contribution in [0.4, 0.5) is 13.2 Å². The Hall–Kier alpha value is -3.37. The molecular formula is C25H25F3N2O5. The number of carbonyl (C=O) groups is 2. The van der Waals surface area contributed by atoms with Gasteiger partial charge in [0.2, 0.25) is 11.7 Å². The largest absolute Gasteiger partial charge is 0.484 e. The van der Waals surface area contributed by atoms with Crippen LogP contribution in [-0.2, 0) is 16.0 Å². The number of hydrogen-bond acceptors (Lipinski definition) is 5. The molecule has 10 heteroatoms. The Morgan fingerprint density at radius 3 is 2.46 bits per heavy atom. The number of aliphatic hydroxyl groups is 1. The number of rotatable bonds is 7. The minimum atomic E-state index is -1.38. The maximum absolute atomic E-state index is 13.9. The highest BCUT2D eigenvalue weighted by molar-refractivity contribution is 6.00. The van der Waals surface area contributed by atoms with E-state index in [2.05, 4.69) is 5.32 Å². The summed E-state index contributed by atoms with van der Waals surface area (Å²) in [7, 11) is 0. The lowest BCUT2D eigenvalue weighted by molar-refractivity contribution is -0.141. The molecule has 1 amide bonds. The fraction of sp³-hybridized carbons (Fsp3) is 0.360. The molecule has 4 rings (SSSR count). The van der Waals surface area contributed by atoms with Gasteiger partial charge in [0.25, 0.3) is 0 Å². The smallest absolute Gasteiger partial charge is 0.334 e. The molecule has 0 aliphatic carbocycles. The number of aliphatic hydroxyl groups excluding tert-OH is 1. The summed E-state index contributed by atoms with van der Waals surface area (Å²) in [4.78, 5) is 25.9. The summed E-state index contributed by atoms with van der Waals surface area (Å²) in [6, 6.07) is 7.56. The maximum atomic E-state index is 13.9. The molecule has 2 aliphatic rings. The van der Waals surface area contributed by atoms with Gasteiger partial charge >= 0.3 is 5.97 Å². The molecule has 0 saturated carbocycles. The second kappa shape index (κ2) is 10.1. The molecule has 2 aliphatic heterocycles. The second-order valence-corrected chi connectivity index (χ2v) is 8.69. The van der Waals surface area contributed by atoms with E-state index in [9.17, 15) is 33.0 Å².